The average molecular weight is 211 g/mol. The smallest absolute Gasteiger partial charge is 0.425 e. The molecule has 13 heavy (non-hydrogen) atoms. The van der Waals surface area contributed by atoms with Crippen LogP contribution in [0.4, 0.5) is 26.3 Å². The Labute approximate surface area is 69.1 Å². The second kappa shape index (κ2) is 4.14. The normalized spacial score (nSPS) is 13.8. The molecule has 0 unspecified atom stereocenters. The second-order valence-corrected chi connectivity index (χ2v) is 1.99. The number of alkyl halides is 6. The number of halogens is 6. The molecule has 0 radical (unpaired) electrons. The Morgan fingerprint density at radius 3 is 1.92 bits per heavy atom. The lowest BCUT2D eigenvalue weighted by atomic mass is 10.3. The molecule has 0 aromatic heterocycles. The first kappa shape index (κ1) is 12.5. The fraction of sp³-hybridized carbons (Fsp3) is 1.00. The van der Waals surface area contributed by atoms with Crippen LogP contribution in [0.3, 0.4) is 0 Å². The maximum atomic E-state index is 12.0. The van der Waals surface area contributed by atoms with Crippen LogP contribution in [-0.4, -0.2) is 31.7 Å². The van der Waals surface area contributed by atoms with Crippen molar-refractivity contribution >= 4 is 0 Å². The molecule has 2 nitrogen and oxygen atoms in total. The molecule has 8 heteroatoms. The number of hydrogen-bond acceptors (Lipinski definition) is 2. The second-order valence-electron chi connectivity index (χ2n) is 1.99. The zero-order valence-corrected chi connectivity index (χ0v) is 6.08. The first-order valence-corrected chi connectivity index (χ1v) is 3.01. The van der Waals surface area contributed by atoms with E-state index in [1.807, 2.05) is 0 Å². The van der Waals surface area contributed by atoms with Crippen molar-refractivity contribution in [2.24, 2.45) is 0 Å². The fourth-order valence-corrected chi connectivity index (χ4v) is 0.393. The predicted octanol–water partition coefficient (Wildman–Crippen LogP) is 0.856. The molecule has 0 rings (SSSR count). The maximum Gasteiger partial charge on any atom is 0.425 e. The Morgan fingerprint density at radius 1 is 1.15 bits per heavy atom. The molecule has 0 aliphatic heterocycles. The average Bonchev–Trinajstić information content (AvgIpc) is 2.00. The summed E-state index contributed by atoms with van der Waals surface area (Å²) in [5.41, 5.74) is 0. The maximum absolute atomic E-state index is 12.0. The first-order chi connectivity index (χ1) is 5.75. The quantitative estimate of drug-likeness (QED) is 0.631. The van der Waals surface area contributed by atoms with E-state index in [1.165, 1.54) is 0 Å². The van der Waals surface area contributed by atoms with Crippen LogP contribution in [0, 0.1) is 0 Å². The summed E-state index contributed by atoms with van der Waals surface area (Å²) in [6, 6.07) is 0. The van der Waals surface area contributed by atoms with E-state index in [0.29, 0.717) is 0 Å². The van der Waals surface area contributed by atoms with Gasteiger partial charge in [-0.25, -0.2) is 8.78 Å². The van der Waals surface area contributed by atoms with Gasteiger partial charge in [0, 0.05) is 6.61 Å². The summed E-state index contributed by atoms with van der Waals surface area (Å²) >= 11 is 0. The van der Waals surface area contributed by atoms with Gasteiger partial charge in [0.1, 0.15) is 0 Å². The molecule has 0 bridgehead atoms. The lowest BCUT2D eigenvalue weighted by Gasteiger charge is -2.25. The van der Waals surface area contributed by atoms with Gasteiger partial charge in [0.2, 0.25) is 0 Å². The summed E-state index contributed by atoms with van der Waals surface area (Å²) in [6.45, 7) is -2.47. The minimum absolute atomic E-state index is 1.21. The molecular formula is C5H5F6O2-. The van der Waals surface area contributed by atoms with Gasteiger partial charge in [0.25, 0.3) is 0 Å². The van der Waals surface area contributed by atoms with Crippen molar-refractivity contribution < 1.29 is 36.2 Å². The minimum atomic E-state index is -5.58. The summed E-state index contributed by atoms with van der Waals surface area (Å²) in [4.78, 5) is 0. The highest BCUT2D eigenvalue weighted by Crippen LogP contribution is 2.39. The highest BCUT2D eigenvalue weighted by atomic mass is 19.3. The molecule has 0 aromatic carbocycles. The Kier molecular flexibility index (Phi) is 3.98. The molecule has 0 heterocycles. The third-order valence-electron chi connectivity index (χ3n) is 1.03. The van der Waals surface area contributed by atoms with Crippen LogP contribution in [0.15, 0.2) is 0 Å². The van der Waals surface area contributed by atoms with Crippen LogP contribution in [0.25, 0.3) is 0 Å². The van der Waals surface area contributed by atoms with Crippen LogP contribution >= 0.6 is 0 Å². The van der Waals surface area contributed by atoms with E-state index in [2.05, 4.69) is 4.74 Å². The summed E-state index contributed by atoms with van der Waals surface area (Å²) in [7, 11) is 0. The molecule has 0 aliphatic rings. The van der Waals surface area contributed by atoms with E-state index in [9.17, 15) is 31.4 Å². The van der Waals surface area contributed by atoms with E-state index < -0.39 is 31.7 Å². The van der Waals surface area contributed by atoms with Crippen LogP contribution < -0.4 is 5.11 Å². The lowest BCUT2D eigenvalue weighted by molar-refractivity contribution is -0.413. The molecular weight excluding hydrogens is 206 g/mol. The van der Waals surface area contributed by atoms with E-state index >= 15 is 0 Å². The van der Waals surface area contributed by atoms with Crippen LogP contribution in [-0.2, 0) is 4.74 Å². The topological polar surface area (TPSA) is 32.3 Å². The van der Waals surface area contributed by atoms with Gasteiger partial charge in [-0.05, 0) is 0 Å². The van der Waals surface area contributed by atoms with E-state index in [4.69, 9.17) is 0 Å². The number of ether oxygens (including phenoxy) is 1. The van der Waals surface area contributed by atoms with Gasteiger partial charge < -0.3 is 9.84 Å². The summed E-state index contributed by atoms with van der Waals surface area (Å²) < 4.78 is 73.7. The molecule has 0 atom stereocenters. The SMILES string of the molecule is [O-]CCOC(F)(F)C(F)(F)C(F)F. The molecule has 0 spiro atoms. The van der Waals surface area contributed by atoms with Crippen molar-refractivity contribution in [3.63, 3.8) is 0 Å². The Balaban J connectivity index is 4.41. The molecule has 0 amide bonds. The molecule has 0 aromatic rings. The summed E-state index contributed by atoms with van der Waals surface area (Å²) in [6.07, 6.45) is -9.86. The third kappa shape index (κ3) is 2.73. The van der Waals surface area contributed by atoms with E-state index in [1.54, 1.807) is 0 Å². The molecule has 0 aliphatic carbocycles. The van der Waals surface area contributed by atoms with Gasteiger partial charge in [0.15, 0.2) is 0 Å². The Hall–Kier alpha value is -0.500. The van der Waals surface area contributed by atoms with Crippen molar-refractivity contribution in [2.75, 3.05) is 13.2 Å². The van der Waals surface area contributed by atoms with Crippen molar-refractivity contribution in [1.29, 1.82) is 0 Å². The van der Waals surface area contributed by atoms with Gasteiger partial charge >= 0.3 is 18.5 Å². The standard InChI is InChI=1S/C5H5F6O2/c6-3(7)4(8,9)5(10,11)13-2-1-12/h3H,1-2H2/q-1. The van der Waals surface area contributed by atoms with Crippen LogP contribution in [0.1, 0.15) is 0 Å². The molecule has 0 N–H and O–H groups in total. The van der Waals surface area contributed by atoms with E-state index in [-0.39, 0.29) is 0 Å². The zero-order valence-electron chi connectivity index (χ0n) is 6.08. The predicted molar refractivity (Wildman–Crippen MR) is 26.7 cm³/mol. The Morgan fingerprint density at radius 2 is 1.62 bits per heavy atom. The largest absolute Gasteiger partial charge is 0.853 e. The highest BCUT2D eigenvalue weighted by Gasteiger charge is 2.64. The third-order valence-corrected chi connectivity index (χ3v) is 1.03. The summed E-state index contributed by atoms with van der Waals surface area (Å²) in [5, 5.41) is 9.58. The molecule has 0 fully saturated rings. The Bertz CT molecular complexity index is 159. The number of rotatable bonds is 5. The van der Waals surface area contributed by atoms with Gasteiger partial charge in [-0.15, -0.1) is 6.61 Å². The van der Waals surface area contributed by atoms with Crippen molar-refractivity contribution in [1.82, 2.24) is 0 Å². The van der Waals surface area contributed by atoms with Crippen molar-refractivity contribution in [2.45, 2.75) is 18.5 Å². The van der Waals surface area contributed by atoms with Crippen LogP contribution in [0.2, 0.25) is 0 Å². The molecule has 80 valence electrons. The highest BCUT2D eigenvalue weighted by molar-refractivity contribution is 4.79. The van der Waals surface area contributed by atoms with Gasteiger partial charge in [0.05, 0.1) is 0 Å². The van der Waals surface area contributed by atoms with Gasteiger partial charge in [-0.1, -0.05) is 0 Å². The summed E-state index contributed by atoms with van der Waals surface area (Å²) in [5.74, 6) is -5.58. The zero-order chi connectivity index (χ0) is 10.7. The first-order valence-electron chi connectivity index (χ1n) is 3.01. The van der Waals surface area contributed by atoms with Crippen LogP contribution in [0.5, 0.6) is 0 Å². The van der Waals surface area contributed by atoms with Crippen molar-refractivity contribution in [3.8, 4) is 0 Å². The monoisotopic (exact) mass is 211 g/mol. The minimum Gasteiger partial charge on any atom is -0.853 e. The lowest BCUT2D eigenvalue weighted by Crippen LogP contribution is -2.48. The van der Waals surface area contributed by atoms with Gasteiger partial charge in [-0.3, -0.25) is 0 Å². The van der Waals surface area contributed by atoms with Gasteiger partial charge in [-0.2, -0.15) is 17.6 Å². The van der Waals surface area contributed by atoms with Crippen molar-refractivity contribution in [3.05, 3.63) is 0 Å². The fourth-order valence-electron chi connectivity index (χ4n) is 0.393. The number of hydrogen-bond donors (Lipinski definition) is 0. The van der Waals surface area contributed by atoms with E-state index in [0.717, 1.165) is 0 Å². The molecule has 0 saturated carbocycles. The molecule has 0 saturated heterocycles.